The van der Waals surface area contributed by atoms with E-state index in [1.165, 1.54) is 24.5 Å². The molecule has 7 aromatic rings. The average molecular weight is 761 g/mol. The highest BCUT2D eigenvalue weighted by Crippen LogP contribution is 2.40. The summed E-state index contributed by atoms with van der Waals surface area (Å²) >= 11 is 6.29. The van der Waals surface area contributed by atoms with Gasteiger partial charge in [-0.3, -0.25) is 18.7 Å². The fraction of sp³-hybridized carbons (Fsp3) is 0.258. The van der Waals surface area contributed by atoms with Gasteiger partial charge < -0.3 is 18.1 Å². The van der Waals surface area contributed by atoms with Crippen molar-refractivity contribution in [3.05, 3.63) is 110 Å². The number of imidazole rings is 1. The molecule has 0 saturated heterocycles. The van der Waals surface area contributed by atoms with E-state index in [9.17, 15) is 35.9 Å². The lowest BCUT2D eigenvalue weighted by atomic mass is 10.0. The quantitative estimate of drug-likeness (QED) is 0.179. The molecule has 1 aliphatic carbocycles. The summed E-state index contributed by atoms with van der Waals surface area (Å²) < 4.78 is 97.3. The Bertz CT molecular complexity index is 2540. The van der Waals surface area contributed by atoms with E-state index in [0.29, 0.717) is 21.9 Å². The minimum absolute atomic E-state index is 0.0145. The summed E-state index contributed by atoms with van der Waals surface area (Å²) in [5, 5.41) is 11.2. The Morgan fingerprint density at radius 3 is 1.81 bits per heavy atom. The van der Waals surface area contributed by atoms with Gasteiger partial charge in [-0.05, 0) is 43.2 Å². The van der Waals surface area contributed by atoms with Crippen LogP contribution in [-0.4, -0.2) is 49.1 Å². The standard InChI is InChI=1S/C31H19ClF6N10O5/c1-46-19-5-4-17(32)12-18(19)39-26(46)29(13-20-40-25(51-43-20)14-2-3-14,47-8-6-15(10-21(47)49)23-41-27(52-44-23)30(33,34)35)48-9-7-16(11-22(48)50)24-42-28(53-45-24)31(36,37)38/h4-12,14H,2-3,13H2,1H3. The highest BCUT2D eigenvalue weighted by atomic mass is 35.5. The smallest absolute Gasteiger partial charge is 0.339 e. The largest absolute Gasteiger partial charge is 0.471 e. The first-order chi connectivity index (χ1) is 25.1. The maximum atomic E-state index is 14.3. The summed E-state index contributed by atoms with van der Waals surface area (Å²) in [6.45, 7) is 0. The van der Waals surface area contributed by atoms with Crippen molar-refractivity contribution in [3.8, 4) is 22.8 Å². The first-order valence-electron chi connectivity index (χ1n) is 15.4. The second-order valence-corrected chi connectivity index (χ2v) is 12.5. The molecule has 1 saturated carbocycles. The minimum atomic E-state index is -4.95. The zero-order chi connectivity index (χ0) is 37.4. The van der Waals surface area contributed by atoms with Crippen LogP contribution < -0.4 is 11.1 Å². The second-order valence-electron chi connectivity index (χ2n) is 12.0. The number of hydrogen-bond donors (Lipinski definition) is 0. The lowest BCUT2D eigenvalue weighted by Crippen LogP contribution is -2.54. The van der Waals surface area contributed by atoms with Crippen LogP contribution in [0.3, 0.4) is 0 Å². The van der Waals surface area contributed by atoms with Gasteiger partial charge in [0, 0.05) is 53.6 Å². The highest BCUT2D eigenvalue weighted by molar-refractivity contribution is 6.31. The van der Waals surface area contributed by atoms with E-state index in [4.69, 9.17) is 21.1 Å². The molecule has 1 aromatic carbocycles. The number of fused-ring (bicyclic) bond motifs is 1. The van der Waals surface area contributed by atoms with Crippen molar-refractivity contribution in [2.75, 3.05) is 0 Å². The second kappa shape index (κ2) is 12.0. The number of aromatic nitrogens is 10. The summed E-state index contributed by atoms with van der Waals surface area (Å²) in [6, 6.07) is 9.11. The van der Waals surface area contributed by atoms with Crippen LogP contribution >= 0.6 is 11.6 Å². The fourth-order valence-corrected chi connectivity index (χ4v) is 6.09. The Hall–Kier alpha value is -6.12. The lowest BCUT2D eigenvalue weighted by Gasteiger charge is -2.36. The number of hydrogen-bond acceptors (Lipinski definition) is 12. The van der Waals surface area contributed by atoms with Crippen LogP contribution in [0.4, 0.5) is 26.3 Å². The molecule has 0 radical (unpaired) electrons. The molecule has 0 unspecified atom stereocenters. The number of halogens is 7. The minimum Gasteiger partial charge on any atom is -0.339 e. The molecule has 272 valence electrons. The van der Waals surface area contributed by atoms with E-state index >= 15 is 0 Å². The lowest BCUT2D eigenvalue weighted by molar-refractivity contribution is -0.160. The first kappa shape index (κ1) is 34.0. The normalized spacial score (nSPS) is 14.0. The molecule has 8 rings (SSSR count). The zero-order valence-corrected chi connectivity index (χ0v) is 27.3. The molecule has 15 nitrogen and oxygen atoms in total. The summed E-state index contributed by atoms with van der Waals surface area (Å²) in [5.41, 5.74) is -3.30. The Balaban J connectivity index is 1.38. The van der Waals surface area contributed by atoms with Crippen molar-refractivity contribution < 1.29 is 39.9 Å². The molecule has 0 amide bonds. The Kier molecular flexibility index (Phi) is 7.67. The molecule has 1 aliphatic rings. The molecule has 0 spiro atoms. The number of alkyl halides is 6. The van der Waals surface area contributed by atoms with Gasteiger partial charge in [-0.15, -0.1) is 0 Å². The van der Waals surface area contributed by atoms with Crippen molar-refractivity contribution >= 4 is 22.6 Å². The van der Waals surface area contributed by atoms with Crippen molar-refractivity contribution in [2.24, 2.45) is 7.05 Å². The van der Waals surface area contributed by atoms with E-state index < -0.39 is 59.0 Å². The van der Waals surface area contributed by atoms with Crippen LogP contribution in [-0.2, 0) is 31.5 Å². The average Bonchev–Trinajstić information content (AvgIpc) is 3.49. The van der Waals surface area contributed by atoms with Gasteiger partial charge >= 0.3 is 24.1 Å². The molecule has 22 heteroatoms. The van der Waals surface area contributed by atoms with Crippen LogP contribution in [0.15, 0.2) is 78.0 Å². The van der Waals surface area contributed by atoms with E-state index in [1.807, 2.05) is 0 Å². The summed E-state index contributed by atoms with van der Waals surface area (Å²) in [5.74, 6) is -3.95. The van der Waals surface area contributed by atoms with Crippen molar-refractivity contribution in [3.63, 3.8) is 0 Å². The van der Waals surface area contributed by atoms with Crippen LogP contribution in [0, 0.1) is 0 Å². The molecule has 0 N–H and O–H groups in total. The van der Waals surface area contributed by atoms with Gasteiger partial charge in [-0.2, -0.15) is 41.3 Å². The molecular formula is C31H19ClF6N10O5. The molecular weight excluding hydrogens is 742 g/mol. The van der Waals surface area contributed by atoms with Crippen molar-refractivity contribution in [2.45, 2.75) is 43.2 Å². The molecule has 0 bridgehead atoms. The zero-order valence-electron chi connectivity index (χ0n) is 26.6. The number of aryl methyl sites for hydroxylation is 1. The molecule has 6 heterocycles. The molecule has 0 atom stereocenters. The van der Waals surface area contributed by atoms with Gasteiger partial charge in [0.05, 0.1) is 17.5 Å². The third-order valence-electron chi connectivity index (χ3n) is 8.51. The van der Waals surface area contributed by atoms with Crippen LogP contribution in [0.1, 0.15) is 48.1 Å². The number of rotatable bonds is 8. The van der Waals surface area contributed by atoms with Gasteiger partial charge in [-0.1, -0.05) is 27.1 Å². The van der Waals surface area contributed by atoms with Gasteiger partial charge in [0.2, 0.25) is 17.5 Å². The van der Waals surface area contributed by atoms with E-state index in [2.05, 4.69) is 39.5 Å². The molecule has 1 fully saturated rings. The maximum absolute atomic E-state index is 14.3. The van der Waals surface area contributed by atoms with Gasteiger partial charge in [0.25, 0.3) is 11.1 Å². The number of benzene rings is 1. The fourth-order valence-electron chi connectivity index (χ4n) is 5.93. The van der Waals surface area contributed by atoms with Crippen LogP contribution in [0.2, 0.25) is 5.02 Å². The molecule has 6 aromatic heterocycles. The Morgan fingerprint density at radius 2 is 1.32 bits per heavy atom. The van der Waals surface area contributed by atoms with Crippen LogP contribution in [0.5, 0.6) is 0 Å². The van der Waals surface area contributed by atoms with E-state index in [0.717, 1.165) is 34.1 Å². The van der Waals surface area contributed by atoms with Gasteiger partial charge in [0.15, 0.2) is 17.3 Å². The monoisotopic (exact) mass is 760 g/mol. The Labute approximate surface area is 294 Å². The predicted octanol–water partition coefficient (Wildman–Crippen LogP) is 5.44. The van der Waals surface area contributed by atoms with Gasteiger partial charge in [0.1, 0.15) is 0 Å². The number of nitrogens with zero attached hydrogens (tertiary/aromatic N) is 10. The summed E-state index contributed by atoms with van der Waals surface area (Å²) in [4.78, 5) is 44.6. The van der Waals surface area contributed by atoms with E-state index in [-0.39, 0.29) is 28.7 Å². The molecule has 0 aliphatic heterocycles. The van der Waals surface area contributed by atoms with Crippen molar-refractivity contribution in [1.82, 2.24) is 49.1 Å². The van der Waals surface area contributed by atoms with E-state index in [1.54, 1.807) is 29.8 Å². The van der Waals surface area contributed by atoms with Crippen molar-refractivity contribution in [1.29, 1.82) is 0 Å². The topological polar surface area (TPSA) is 179 Å². The third-order valence-corrected chi connectivity index (χ3v) is 8.74. The Morgan fingerprint density at radius 1 is 0.755 bits per heavy atom. The van der Waals surface area contributed by atoms with Crippen LogP contribution in [0.25, 0.3) is 33.8 Å². The SMILES string of the molecule is Cn1c(C(Cc2noc(C3CC3)n2)(n2ccc(-c3noc(C(F)(F)F)n3)cc2=O)n2ccc(-c3noc(C(F)(F)F)n3)cc2=O)nc2cc(Cl)ccc21. The first-order valence-corrected chi connectivity index (χ1v) is 15.7. The van der Waals surface area contributed by atoms with Gasteiger partial charge in [-0.25, -0.2) is 4.98 Å². The molecule has 53 heavy (non-hydrogen) atoms. The maximum Gasteiger partial charge on any atom is 0.471 e. The summed E-state index contributed by atoms with van der Waals surface area (Å²) in [7, 11) is 1.61. The summed E-state index contributed by atoms with van der Waals surface area (Å²) in [6.07, 6.45) is -6.32. The third kappa shape index (κ3) is 5.95. The highest BCUT2D eigenvalue weighted by Gasteiger charge is 2.45. The number of pyridine rings is 2. The predicted molar refractivity (Wildman–Crippen MR) is 166 cm³/mol.